The molecule has 2 aromatic carbocycles. The number of benzene rings is 2. The largest absolute Gasteiger partial charge is 0.325 e. The first-order valence-electron chi connectivity index (χ1n) is 9.04. The fraction of sp³-hybridized carbons (Fsp3) is 0.333. The van der Waals surface area contributed by atoms with Gasteiger partial charge in [-0.25, -0.2) is 0 Å². The second-order valence-corrected chi connectivity index (χ2v) is 7.81. The topological polar surface area (TPSA) is 61.4 Å². The number of carbonyl (C=O) groups is 2. The van der Waals surface area contributed by atoms with E-state index < -0.39 is 6.04 Å². The Kier molecular flexibility index (Phi) is 7.87. The maximum Gasteiger partial charge on any atom is 0.241 e. The average molecular weight is 422 g/mol. The Bertz CT molecular complexity index is 855. The molecule has 28 heavy (non-hydrogen) atoms. The monoisotopic (exact) mass is 421 g/mol. The molecule has 0 unspecified atom stereocenters. The molecule has 2 amide bonds. The molecule has 2 rings (SSSR count). The summed E-state index contributed by atoms with van der Waals surface area (Å²) in [6, 6.07) is 12.1. The molecule has 0 radical (unpaired) electrons. The molecule has 1 atom stereocenters. The van der Waals surface area contributed by atoms with Crippen LogP contribution in [0.2, 0.25) is 10.0 Å². The summed E-state index contributed by atoms with van der Waals surface area (Å²) in [5, 5.41) is 6.50. The molecule has 0 aromatic heterocycles. The van der Waals surface area contributed by atoms with Gasteiger partial charge in [0.25, 0.3) is 0 Å². The molecule has 0 fully saturated rings. The molecule has 0 saturated heterocycles. The minimum Gasteiger partial charge on any atom is -0.325 e. The van der Waals surface area contributed by atoms with Gasteiger partial charge in [-0.15, -0.1) is 0 Å². The van der Waals surface area contributed by atoms with Crippen LogP contribution in [0.25, 0.3) is 0 Å². The van der Waals surface area contributed by atoms with Gasteiger partial charge < -0.3 is 10.6 Å². The standard InChI is InChI=1S/C21H25Cl2N3O2/c1-13(2)16-7-5-6-8-19(16)25-21(28)14(3)26(4)12-20(27)24-15-9-10-17(22)18(23)11-15/h5-11,13-14H,12H2,1-4H3,(H,24,27)(H,25,28)/t14-/m1/s1. The van der Waals surface area contributed by atoms with Crippen LogP contribution in [0.3, 0.4) is 0 Å². The van der Waals surface area contributed by atoms with Crippen molar-refractivity contribution in [3.05, 3.63) is 58.1 Å². The van der Waals surface area contributed by atoms with E-state index in [0.29, 0.717) is 21.7 Å². The molecule has 0 bridgehead atoms. The number of hydrogen-bond donors (Lipinski definition) is 2. The minimum atomic E-state index is -0.486. The van der Waals surface area contributed by atoms with Crippen LogP contribution < -0.4 is 10.6 Å². The van der Waals surface area contributed by atoms with Crippen LogP contribution in [-0.2, 0) is 9.59 Å². The van der Waals surface area contributed by atoms with Crippen molar-refractivity contribution in [3.8, 4) is 0 Å². The van der Waals surface area contributed by atoms with Gasteiger partial charge in [0.2, 0.25) is 11.8 Å². The second kappa shape index (κ2) is 9.92. The number of carbonyl (C=O) groups excluding carboxylic acids is 2. The molecule has 0 aliphatic carbocycles. The van der Waals surface area contributed by atoms with Crippen LogP contribution in [0.15, 0.2) is 42.5 Å². The summed E-state index contributed by atoms with van der Waals surface area (Å²) in [6.45, 7) is 5.97. The summed E-state index contributed by atoms with van der Waals surface area (Å²) in [6.07, 6.45) is 0. The number of rotatable bonds is 7. The number of halogens is 2. The molecule has 0 heterocycles. The third kappa shape index (κ3) is 5.96. The van der Waals surface area contributed by atoms with E-state index in [4.69, 9.17) is 23.2 Å². The zero-order valence-corrected chi connectivity index (χ0v) is 17.9. The molecular weight excluding hydrogens is 397 g/mol. The minimum absolute atomic E-state index is 0.0562. The Balaban J connectivity index is 1.96. The quantitative estimate of drug-likeness (QED) is 0.659. The number of likely N-dealkylation sites (N-methyl/N-ethyl adjacent to an activating group) is 1. The lowest BCUT2D eigenvalue weighted by Crippen LogP contribution is -2.43. The highest BCUT2D eigenvalue weighted by molar-refractivity contribution is 6.42. The third-order valence-electron chi connectivity index (χ3n) is 4.48. The Morgan fingerprint density at radius 2 is 1.68 bits per heavy atom. The van der Waals surface area contributed by atoms with Gasteiger partial charge in [-0.1, -0.05) is 55.2 Å². The van der Waals surface area contributed by atoms with E-state index in [0.717, 1.165) is 11.3 Å². The van der Waals surface area contributed by atoms with Crippen molar-refractivity contribution < 1.29 is 9.59 Å². The van der Waals surface area contributed by atoms with Crippen molar-refractivity contribution >= 4 is 46.4 Å². The molecule has 0 saturated carbocycles. The first-order chi connectivity index (χ1) is 13.2. The van der Waals surface area contributed by atoms with Gasteiger partial charge in [-0.3, -0.25) is 14.5 Å². The van der Waals surface area contributed by atoms with Gasteiger partial charge >= 0.3 is 0 Å². The predicted octanol–water partition coefficient (Wildman–Crippen LogP) is 5.01. The summed E-state index contributed by atoms with van der Waals surface area (Å²) in [7, 11) is 1.73. The van der Waals surface area contributed by atoms with E-state index in [1.165, 1.54) is 0 Å². The Morgan fingerprint density at radius 1 is 1.00 bits per heavy atom. The van der Waals surface area contributed by atoms with E-state index in [-0.39, 0.29) is 18.4 Å². The van der Waals surface area contributed by atoms with Crippen molar-refractivity contribution in [2.75, 3.05) is 24.2 Å². The van der Waals surface area contributed by atoms with Crippen molar-refractivity contribution in [3.63, 3.8) is 0 Å². The van der Waals surface area contributed by atoms with Crippen LogP contribution in [0.4, 0.5) is 11.4 Å². The molecular formula is C21H25Cl2N3O2. The van der Waals surface area contributed by atoms with Gasteiger partial charge in [0.15, 0.2) is 0 Å². The smallest absolute Gasteiger partial charge is 0.241 e. The lowest BCUT2D eigenvalue weighted by atomic mass is 10.0. The fourth-order valence-electron chi connectivity index (χ4n) is 2.69. The Hall–Kier alpha value is -2.08. The normalized spacial score (nSPS) is 12.1. The Labute approximate surface area is 176 Å². The van der Waals surface area contributed by atoms with E-state index in [1.54, 1.807) is 37.1 Å². The number of para-hydroxylation sites is 1. The van der Waals surface area contributed by atoms with Crippen molar-refractivity contribution in [2.24, 2.45) is 0 Å². The maximum atomic E-state index is 12.6. The highest BCUT2D eigenvalue weighted by atomic mass is 35.5. The highest BCUT2D eigenvalue weighted by Crippen LogP contribution is 2.25. The van der Waals surface area contributed by atoms with Crippen molar-refractivity contribution in [1.29, 1.82) is 0 Å². The molecule has 2 aromatic rings. The molecule has 7 heteroatoms. The van der Waals surface area contributed by atoms with Gasteiger partial charge in [-0.05, 0) is 49.7 Å². The fourth-order valence-corrected chi connectivity index (χ4v) is 2.99. The lowest BCUT2D eigenvalue weighted by Gasteiger charge is -2.24. The lowest BCUT2D eigenvalue weighted by molar-refractivity contribution is -0.122. The van der Waals surface area contributed by atoms with Gasteiger partial charge in [0.05, 0.1) is 22.6 Å². The number of nitrogens with zero attached hydrogens (tertiary/aromatic N) is 1. The number of anilines is 2. The van der Waals surface area contributed by atoms with Crippen LogP contribution in [0, 0.1) is 0 Å². The zero-order valence-electron chi connectivity index (χ0n) is 16.4. The van der Waals surface area contributed by atoms with Crippen molar-refractivity contribution in [1.82, 2.24) is 4.90 Å². The number of nitrogens with one attached hydrogen (secondary N) is 2. The predicted molar refractivity (Wildman–Crippen MR) is 116 cm³/mol. The summed E-state index contributed by atoms with van der Waals surface area (Å²) in [4.78, 5) is 26.6. The molecule has 0 spiro atoms. The van der Waals surface area contributed by atoms with E-state index >= 15 is 0 Å². The second-order valence-electron chi connectivity index (χ2n) is 7.00. The van der Waals surface area contributed by atoms with Crippen LogP contribution in [0.1, 0.15) is 32.3 Å². The summed E-state index contributed by atoms with van der Waals surface area (Å²) in [5.41, 5.74) is 2.42. The first-order valence-corrected chi connectivity index (χ1v) is 9.79. The molecule has 150 valence electrons. The van der Waals surface area contributed by atoms with Gasteiger partial charge in [0, 0.05) is 11.4 Å². The molecule has 0 aliphatic heterocycles. The molecule has 2 N–H and O–H groups in total. The third-order valence-corrected chi connectivity index (χ3v) is 5.22. The van der Waals surface area contributed by atoms with Crippen LogP contribution >= 0.6 is 23.2 Å². The number of hydrogen-bond acceptors (Lipinski definition) is 3. The summed E-state index contributed by atoms with van der Waals surface area (Å²) in [5.74, 6) is -0.123. The highest BCUT2D eigenvalue weighted by Gasteiger charge is 2.21. The van der Waals surface area contributed by atoms with E-state index in [9.17, 15) is 9.59 Å². The Morgan fingerprint density at radius 3 is 2.32 bits per heavy atom. The van der Waals surface area contributed by atoms with Gasteiger partial charge in [0.1, 0.15) is 0 Å². The maximum absolute atomic E-state index is 12.6. The molecule has 5 nitrogen and oxygen atoms in total. The molecule has 0 aliphatic rings. The SMILES string of the molecule is CC(C)c1ccccc1NC(=O)[C@@H](C)N(C)CC(=O)Nc1ccc(Cl)c(Cl)c1. The van der Waals surface area contributed by atoms with Gasteiger partial charge in [-0.2, -0.15) is 0 Å². The summed E-state index contributed by atoms with van der Waals surface area (Å²) < 4.78 is 0. The van der Waals surface area contributed by atoms with Crippen LogP contribution in [0.5, 0.6) is 0 Å². The van der Waals surface area contributed by atoms with E-state index in [1.807, 2.05) is 24.3 Å². The van der Waals surface area contributed by atoms with Crippen LogP contribution in [-0.4, -0.2) is 36.3 Å². The average Bonchev–Trinajstić information content (AvgIpc) is 2.64. The summed E-state index contributed by atoms with van der Waals surface area (Å²) >= 11 is 11.8. The zero-order chi connectivity index (χ0) is 20.8. The first kappa shape index (κ1) is 22.2. The van der Waals surface area contributed by atoms with E-state index in [2.05, 4.69) is 24.5 Å². The van der Waals surface area contributed by atoms with Crippen molar-refractivity contribution in [2.45, 2.75) is 32.7 Å². The number of amides is 2.